The Bertz CT molecular complexity index is 1370. The van der Waals surface area contributed by atoms with Gasteiger partial charge in [-0.25, -0.2) is 0 Å². The van der Waals surface area contributed by atoms with Crippen molar-refractivity contribution in [3.63, 3.8) is 0 Å². The van der Waals surface area contributed by atoms with Crippen LogP contribution in [0.4, 0.5) is 0 Å². The van der Waals surface area contributed by atoms with Crippen molar-refractivity contribution in [1.82, 2.24) is 4.57 Å². The Morgan fingerprint density at radius 3 is 2.26 bits per heavy atom. The number of hydrogen-bond donors (Lipinski definition) is 0. The first kappa shape index (κ1) is 23.1. The van der Waals surface area contributed by atoms with Gasteiger partial charge in [-0.15, -0.1) is 0 Å². The molecule has 0 aliphatic heterocycles. The van der Waals surface area contributed by atoms with Crippen LogP contribution in [0.1, 0.15) is 35.3 Å². The number of ketones is 1. The Labute approximate surface area is 198 Å². The third-order valence-corrected chi connectivity index (χ3v) is 5.57. The predicted octanol–water partition coefficient (Wildman–Crippen LogP) is 5.09. The Hall–Kier alpha value is -4.06. The molecule has 0 saturated carbocycles. The number of para-hydroxylation sites is 1. The summed E-state index contributed by atoms with van der Waals surface area (Å²) in [6, 6.07) is 19.9. The van der Waals surface area contributed by atoms with Crippen LogP contribution in [0.15, 0.2) is 77.7 Å². The van der Waals surface area contributed by atoms with Gasteiger partial charge in [0.2, 0.25) is 5.43 Å². The summed E-state index contributed by atoms with van der Waals surface area (Å²) in [7, 11) is 1.62. The van der Waals surface area contributed by atoms with Gasteiger partial charge in [-0.1, -0.05) is 18.2 Å². The molecule has 0 spiro atoms. The van der Waals surface area contributed by atoms with Crippen LogP contribution in [0.2, 0.25) is 0 Å². The van der Waals surface area contributed by atoms with Gasteiger partial charge >= 0.3 is 0 Å². The molecule has 6 heteroatoms. The van der Waals surface area contributed by atoms with E-state index in [4.69, 9.17) is 14.2 Å². The monoisotopic (exact) mass is 457 g/mol. The molecule has 0 aliphatic carbocycles. The number of rotatable bonds is 9. The molecule has 4 aromatic rings. The lowest BCUT2D eigenvalue weighted by Crippen LogP contribution is -2.20. The van der Waals surface area contributed by atoms with Crippen LogP contribution in [-0.4, -0.2) is 30.7 Å². The number of carbonyl (C=O) groups is 1. The van der Waals surface area contributed by atoms with E-state index in [9.17, 15) is 9.59 Å². The number of fused-ring (bicyclic) bond motifs is 1. The van der Waals surface area contributed by atoms with Gasteiger partial charge < -0.3 is 18.8 Å². The fourth-order valence-corrected chi connectivity index (χ4v) is 3.97. The lowest BCUT2D eigenvalue weighted by atomic mass is 10.0. The van der Waals surface area contributed by atoms with Crippen molar-refractivity contribution in [2.24, 2.45) is 0 Å². The first-order valence-electron chi connectivity index (χ1n) is 11.2. The third kappa shape index (κ3) is 4.66. The Morgan fingerprint density at radius 1 is 0.882 bits per heavy atom. The molecule has 0 saturated heterocycles. The van der Waals surface area contributed by atoms with Crippen molar-refractivity contribution in [3.8, 4) is 17.2 Å². The summed E-state index contributed by atoms with van der Waals surface area (Å²) in [6.45, 7) is 5.22. The number of carbonyl (C=O) groups excluding carboxylic acids is 1. The van der Waals surface area contributed by atoms with Crippen LogP contribution >= 0.6 is 0 Å². The predicted molar refractivity (Wildman–Crippen MR) is 133 cm³/mol. The fourth-order valence-electron chi connectivity index (χ4n) is 3.97. The highest BCUT2D eigenvalue weighted by atomic mass is 16.5. The van der Waals surface area contributed by atoms with Gasteiger partial charge in [0, 0.05) is 17.3 Å². The number of pyridine rings is 1. The second-order valence-electron chi connectivity index (χ2n) is 7.71. The van der Waals surface area contributed by atoms with E-state index in [1.807, 2.05) is 54.8 Å². The Morgan fingerprint density at radius 2 is 1.56 bits per heavy atom. The summed E-state index contributed by atoms with van der Waals surface area (Å²) < 4.78 is 18.5. The zero-order chi connectivity index (χ0) is 24.1. The molecule has 0 aliphatic rings. The van der Waals surface area contributed by atoms with Gasteiger partial charge in [0.25, 0.3) is 0 Å². The van der Waals surface area contributed by atoms with Crippen LogP contribution in [0.5, 0.6) is 17.2 Å². The van der Waals surface area contributed by atoms with Crippen LogP contribution in [0.25, 0.3) is 10.9 Å². The fraction of sp³-hybridized carbons (Fsp3) is 0.214. The number of ether oxygens (including phenoxy) is 3. The average Bonchev–Trinajstić information content (AvgIpc) is 2.86. The van der Waals surface area contributed by atoms with Crippen molar-refractivity contribution in [3.05, 3.63) is 99.8 Å². The number of benzene rings is 3. The summed E-state index contributed by atoms with van der Waals surface area (Å²) in [4.78, 5) is 26.9. The SMILES string of the molecule is CCOc1ccc(C(=O)c2cn(Cc3ccccc3OC)c3ccc(OCC)cc3c2=O)cc1. The van der Waals surface area contributed by atoms with E-state index < -0.39 is 0 Å². The smallest absolute Gasteiger partial charge is 0.200 e. The molecule has 3 aromatic carbocycles. The second kappa shape index (κ2) is 10.3. The summed E-state index contributed by atoms with van der Waals surface area (Å²) in [5.41, 5.74) is 1.84. The van der Waals surface area contributed by atoms with Crippen molar-refractivity contribution in [1.29, 1.82) is 0 Å². The molecular weight excluding hydrogens is 430 g/mol. The molecule has 0 bridgehead atoms. The van der Waals surface area contributed by atoms with Gasteiger partial charge in [-0.3, -0.25) is 9.59 Å². The molecular formula is C28H27NO5. The van der Waals surface area contributed by atoms with Crippen molar-refractivity contribution < 1.29 is 19.0 Å². The van der Waals surface area contributed by atoms with Crippen LogP contribution in [-0.2, 0) is 6.54 Å². The standard InChI is InChI=1S/C28H27NO5/c1-4-33-21-12-10-19(11-13-21)27(30)24-18-29(17-20-8-6-7-9-26(20)32-3)25-15-14-22(34-5-2)16-23(25)28(24)31/h6-16,18H,4-5,17H2,1-3H3. The van der Waals surface area contributed by atoms with Crippen LogP contribution < -0.4 is 19.6 Å². The first-order chi connectivity index (χ1) is 16.5. The summed E-state index contributed by atoms with van der Waals surface area (Å²) in [5.74, 6) is 1.65. The Kier molecular flexibility index (Phi) is 6.97. The number of methoxy groups -OCH3 is 1. The molecule has 0 radical (unpaired) electrons. The second-order valence-corrected chi connectivity index (χ2v) is 7.71. The molecule has 4 rings (SSSR count). The van der Waals surface area contributed by atoms with Crippen LogP contribution in [0.3, 0.4) is 0 Å². The zero-order valence-electron chi connectivity index (χ0n) is 19.5. The molecule has 0 unspecified atom stereocenters. The molecule has 0 amide bonds. The third-order valence-electron chi connectivity index (χ3n) is 5.57. The van der Waals surface area contributed by atoms with E-state index in [-0.39, 0.29) is 16.8 Å². The largest absolute Gasteiger partial charge is 0.496 e. The van der Waals surface area contributed by atoms with Gasteiger partial charge in [-0.2, -0.15) is 0 Å². The van der Waals surface area contributed by atoms with Crippen molar-refractivity contribution >= 4 is 16.7 Å². The average molecular weight is 458 g/mol. The van der Waals surface area contributed by atoms with E-state index in [2.05, 4.69) is 0 Å². The minimum absolute atomic E-state index is 0.0974. The molecule has 0 atom stereocenters. The highest BCUT2D eigenvalue weighted by molar-refractivity contribution is 6.10. The number of aromatic nitrogens is 1. The van der Waals surface area contributed by atoms with Crippen molar-refractivity contribution in [2.45, 2.75) is 20.4 Å². The first-order valence-corrected chi connectivity index (χ1v) is 11.2. The maximum atomic E-state index is 13.5. The highest BCUT2D eigenvalue weighted by Crippen LogP contribution is 2.24. The van der Waals surface area contributed by atoms with E-state index in [1.54, 1.807) is 43.6 Å². The van der Waals surface area contributed by atoms with Crippen molar-refractivity contribution in [2.75, 3.05) is 20.3 Å². The quantitative estimate of drug-likeness (QED) is 0.328. The minimum atomic E-state index is -0.342. The normalized spacial score (nSPS) is 10.8. The number of hydrogen-bond acceptors (Lipinski definition) is 5. The summed E-state index contributed by atoms with van der Waals surface area (Å²) >= 11 is 0. The summed E-state index contributed by atoms with van der Waals surface area (Å²) in [6.07, 6.45) is 1.64. The number of nitrogens with zero attached hydrogens (tertiary/aromatic N) is 1. The minimum Gasteiger partial charge on any atom is -0.496 e. The van der Waals surface area contributed by atoms with Gasteiger partial charge in [0.15, 0.2) is 5.78 Å². The summed E-state index contributed by atoms with van der Waals surface area (Å²) in [5, 5.41) is 0.428. The Balaban J connectivity index is 1.86. The highest BCUT2D eigenvalue weighted by Gasteiger charge is 2.19. The molecule has 34 heavy (non-hydrogen) atoms. The molecule has 174 valence electrons. The molecule has 1 heterocycles. The lowest BCUT2D eigenvalue weighted by molar-refractivity contribution is 0.103. The van der Waals surface area contributed by atoms with Crippen LogP contribution in [0, 0.1) is 0 Å². The van der Waals surface area contributed by atoms with Gasteiger partial charge in [-0.05, 0) is 62.4 Å². The maximum Gasteiger partial charge on any atom is 0.200 e. The molecule has 1 aromatic heterocycles. The van der Waals surface area contributed by atoms with Gasteiger partial charge in [0.05, 0.1) is 43.3 Å². The topological polar surface area (TPSA) is 66.8 Å². The van der Waals surface area contributed by atoms with E-state index >= 15 is 0 Å². The zero-order valence-corrected chi connectivity index (χ0v) is 19.5. The van der Waals surface area contributed by atoms with Gasteiger partial charge in [0.1, 0.15) is 17.2 Å². The lowest BCUT2D eigenvalue weighted by Gasteiger charge is -2.16. The molecule has 6 nitrogen and oxygen atoms in total. The molecule has 0 fully saturated rings. The maximum absolute atomic E-state index is 13.5. The van der Waals surface area contributed by atoms with E-state index in [0.717, 1.165) is 11.3 Å². The van der Waals surface area contributed by atoms with E-state index in [0.29, 0.717) is 47.7 Å². The van der Waals surface area contributed by atoms with E-state index in [1.165, 1.54) is 0 Å². The molecule has 0 N–H and O–H groups in total.